The Kier molecular flexibility index (Phi) is 5.09. The van der Waals surface area contributed by atoms with Crippen LogP contribution in [0.25, 0.3) is 0 Å². The maximum atomic E-state index is 12.0. The van der Waals surface area contributed by atoms with Crippen LogP contribution in [0, 0.1) is 0 Å². The highest BCUT2D eigenvalue weighted by molar-refractivity contribution is 7.15. The Morgan fingerprint density at radius 1 is 1.53 bits per heavy atom. The van der Waals surface area contributed by atoms with Crippen molar-refractivity contribution in [2.24, 2.45) is 0 Å². The largest absolute Gasteiger partial charge is 0.465 e. The van der Waals surface area contributed by atoms with Crippen LogP contribution in [0.15, 0.2) is 0 Å². The Bertz CT molecular complexity index is 424. The summed E-state index contributed by atoms with van der Waals surface area (Å²) in [5, 5.41) is 12.9. The predicted molar refractivity (Wildman–Crippen MR) is 74.1 cm³/mol. The van der Waals surface area contributed by atoms with Gasteiger partial charge in [0.15, 0.2) is 0 Å². The van der Waals surface area contributed by atoms with Crippen LogP contribution in [0.5, 0.6) is 0 Å². The fourth-order valence-corrected chi connectivity index (χ4v) is 3.00. The smallest absolute Gasteiger partial charge is 0.323 e. The van der Waals surface area contributed by atoms with Crippen LogP contribution in [-0.2, 0) is 16.1 Å². The van der Waals surface area contributed by atoms with Gasteiger partial charge in [-0.15, -0.1) is 10.2 Å². The van der Waals surface area contributed by atoms with E-state index in [1.54, 1.807) is 0 Å². The molecule has 0 aliphatic carbocycles. The van der Waals surface area contributed by atoms with E-state index in [2.05, 4.69) is 20.4 Å². The van der Waals surface area contributed by atoms with Gasteiger partial charge in [0.25, 0.3) is 0 Å². The summed E-state index contributed by atoms with van der Waals surface area (Å²) in [4.78, 5) is 14.1. The fourth-order valence-electron chi connectivity index (χ4n) is 2.28. The molecule has 2 rings (SSSR count). The van der Waals surface area contributed by atoms with E-state index in [9.17, 15) is 4.79 Å². The van der Waals surface area contributed by atoms with Gasteiger partial charge >= 0.3 is 5.97 Å². The van der Waals surface area contributed by atoms with Gasteiger partial charge in [-0.1, -0.05) is 17.8 Å². The van der Waals surface area contributed by atoms with Crippen molar-refractivity contribution in [1.29, 1.82) is 0 Å². The standard InChI is InChI=1S/C12H20N4O2S/c1-3-18-11(17)9-6-4-5-7-16(9)8-10-14-15-12(13-2)19-10/h9H,3-8H2,1-2H3,(H,13,15). The molecule has 0 spiro atoms. The summed E-state index contributed by atoms with van der Waals surface area (Å²) in [6, 6.07) is -0.129. The van der Waals surface area contributed by atoms with Crippen LogP contribution in [0.3, 0.4) is 0 Å². The lowest BCUT2D eigenvalue weighted by atomic mass is 10.0. The molecule has 0 aromatic carbocycles. The van der Waals surface area contributed by atoms with Crippen LogP contribution in [0.2, 0.25) is 0 Å². The van der Waals surface area contributed by atoms with Crippen LogP contribution in [0.4, 0.5) is 5.13 Å². The number of likely N-dealkylation sites (tertiary alicyclic amines) is 1. The molecule has 1 aliphatic rings. The second-order valence-electron chi connectivity index (χ2n) is 4.49. The van der Waals surface area contributed by atoms with E-state index in [0.29, 0.717) is 13.2 Å². The Labute approximate surface area is 117 Å². The molecule has 106 valence electrons. The topological polar surface area (TPSA) is 67.3 Å². The zero-order valence-electron chi connectivity index (χ0n) is 11.4. The molecule has 1 aromatic rings. The number of aromatic nitrogens is 2. The Balaban J connectivity index is 2.00. The number of ether oxygens (including phenoxy) is 1. The number of carbonyl (C=O) groups is 1. The fraction of sp³-hybridized carbons (Fsp3) is 0.750. The monoisotopic (exact) mass is 284 g/mol. The highest BCUT2D eigenvalue weighted by Gasteiger charge is 2.30. The third kappa shape index (κ3) is 3.63. The lowest BCUT2D eigenvalue weighted by molar-refractivity contribution is -0.151. The molecule has 1 atom stereocenters. The highest BCUT2D eigenvalue weighted by atomic mass is 32.1. The quantitative estimate of drug-likeness (QED) is 0.826. The van der Waals surface area contributed by atoms with Crippen LogP contribution in [-0.4, -0.2) is 47.3 Å². The second-order valence-corrected chi connectivity index (χ2v) is 5.55. The molecule has 2 heterocycles. The van der Waals surface area contributed by atoms with E-state index in [4.69, 9.17) is 4.74 Å². The summed E-state index contributed by atoms with van der Waals surface area (Å²) in [7, 11) is 1.83. The van der Waals surface area contributed by atoms with Gasteiger partial charge in [-0.25, -0.2) is 0 Å². The number of carbonyl (C=O) groups excluding carboxylic acids is 1. The molecule has 0 saturated carbocycles. The van der Waals surface area contributed by atoms with Gasteiger partial charge in [-0.2, -0.15) is 0 Å². The minimum absolute atomic E-state index is 0.111. The molecule has 1 unspecified atom stereocenters. The van der Waals surface area contributed by atoms with Crippen molar-refractivity contribution in [3.63, 3.8) is 0 Å². The van der Waals surface area contributed by atoms with Gasteiger partial charge in [0, 0.05) is 7.05 Å². The van der Waals surface area contributed by atoms with Crippen molar-refractivity contribution in [1.82, 2.24) is 15.1 Å². The zero-order valence-corrected chi connectivity index (χ0v) is 12.2. The molecule has 0 bridgehead atoms. The minimum atomic E-state index is -0.129. The molecular weight excluding hydrogens is 264 g/mol. The number of rotatable bonds is 5. The van der Waals surface area contributed by atoms with Crippen molar-refractivity contribution in [2.45, 2.75) is 38.8 Å². The van der Waals surface area contributed by atoms with Crippen molar-refractivity contribution in [3.8, 4) is 0 Å². The first-order valence-corrected chi connectivity index (χ1v) is 7.47. The number of piperidine rings is 1. The average Bonchev–Trinajstić information content (AvgIpc) is 2.87. The molecule has 1 aliphatic heterocycles. The number of anilines is 1. The Morgan fingerprint density at radius 2 is 2.37 bits per heavy atom. The van der Waals surface area contributed by atoms with Crippen LogP contribution < -0.4 is 5.32 Å². The number of hydrogen-bond acceptors (Lipinski definition) is 7. The molecular formula is C12H20N4O2S. The predicted octanol–water partition coefficient (Wildman–Crippen LogP) is 1.50. The molecule has 1 aromatic heterocycles. The van der Waals surface area contributed by atoms with E-state index in [1.165, 1.54) is 11.3 Å². The van der Waals surface area contributed by atoms with Crippen LogP contribution >= 0.6 is 11.3 Å². The van der Waals surface area contributed by atoms with Gasteiger partial charge in [0.1, 0.15) is 11.0 Å². The van der Waals surface area contributed by atoms with E-state index in [0.717, 1.165) is 35.9 Å². The molecule has 6 nitrogen and oxygen atoms in total. The molecule has 7 heteroatoms. The van der Waals surface area contributed by atoms with Crippen molar-refractivity contribution >= 4 is 22.4 Å². The molecule has 1 fully saturated rings. The lowest BCUT2D eigenvalue weighted by Gasteiger charge is -2.33. The third-order valence-electron chi connectivity index (χ3n) is 3.19. The number of hydrogen-bond donors (Lipinski definition) is 1. The van der Waals surface area contributed by atoms with E-state index in [-0.39, 0.29) is 12.0 Å². The van der Waals surface area contributed by atoms with Gasteiger partial charge in [-0.3, -0.25) is 9.69 Å². The van der Waals surface area contributed by atoms with Crippen molar-refractivity contribution in [2.75, 3.05) is 25.5 Å². The SMILES string of the molecule is CCOC(=O)C1CCCCN1Cc1nnc(NC)s1. The van der Waals surface area contributed by atoms with Gasteiger partial charge in [0.2, 0.25) is 5.13 Å². The number of nitrogens with one attached hydrogen (secondary N) is 1. The maximum Gasteiger partial charge on any atom is 0.323 e. The molecule has 19 heavy (non-hydrogen) atoms. The summed E-state index contributed by atoms with van der Waals surface area (Å²) < 4.78 is 5.15. The lowest BCUT2D eigenvalue weighted by Crippen LogP contribution is -2.44. The minimum Gasteiger partial charge on any atom is -0.465 e. The van der Waals surface area contributed by atoms with Gasteiger partial charge in [-0.05, 0) is 26.3 Å². The van der Waals surface area contributed by atoms with Crippen LogP contribution in [0.1, 0.15) is 31.2 Å². The normalized spacial score (nSPS) is 20.2. The van der Waals surface area contributed by atoms with E-state index >= 15 is 0 Å². The number of esters is 1. The Morgan fingerprint density at radius 3 is 3.05 bits per heavy atom. The summed E-state index contributed by atoms with van der Waals surface area (Å²) in [5.74, 6) is -0.111. The zero-order chi connectivity index (χ0) is 13.7. The molecule has 1 saturated heterocycles. The summed E-state index contributed by atoms with van der Waals surface area (Å²) in [5.41, 5.74) is 0. The average molecular weight is 284 g/mol. The second kappa shape index (κ2) is 6.81. The first-order valence-electron chi connectivity index (χ1n) is 6.65. The molecule has 1 N–H and O–H groups in total. The van der Waals surface area contributed by atoms with Gasteiger partial charge < -0.3 is 10.1 Å². The third-order valence-corrected chi connectivity index (χ3v) is 4.12. The first-order chi connectivity index (χ1) is 9.24. The van der Waals surface area contributed by atoms with Crippen molar-refractivity contribution in [3.05, 3.63) is 5.01 Å². The molecule has 0 radical (unpaired) electrons. The van der Waals surface area contributed by atoms with Gasteiger partial charge in [0.05, 0.1) is 13.2 Å². The number of nitrogens with zero attached hydrogens (tertiary/aromatic N) is 3. The van der Waals surface area contributed by atoms with E-state index < -0.39 is 0 Å². The van der Waals surface area contributed by atoms with Crippen molar-refractivity contribution < 1.29 is 9.53 Å². The molecule has 0 amide bonds. The maximum absolute atomic E-state index is 12.0. The Hall–Kier alpha value is -1.21. The summed E-state index contributed by atoms with van der Waals surface area (Å²) in [6.45, 7) is 3.86. The van der Waals surface area contributed by atoms with E-state index in [1.807, 2.05) is 14.0 Å². The summed E-state index contributed by atoms with van der Waals surface area (Å²) >= 11 is 1.53. The highest BCUT2D eigenvalue weighted by Crippen LogP contribution is 2.23. The first kappa shape index (κ1) is 14.2. The summed E-state index contributed by atoms with van der Waals surface area (Å²) in [6.07, 6.45) is 3.07.